The Labute approximate surface area is 123 Å². The lowest BCUT2D eigenvalue weighted by Gasteiger charge is -2.30. The van der Waals surface area contributed by atoms with E-state index >= 15 is 0 Å². The van der Waals surface area contributed by atoms with E-state index in [4.69, 9.17) is 10.00 Å². The first-order valence-corrected chi connectivity index (χ1v) is 6.41. The van der Waals surface area contributed by atoms with Gasteiger partial charge in [-0.3, -0.25) is 4.90 Å². The summed E-state index contributed by atoms with van der Waals surface area (Å²) in [7, 11) is 0. The summed E-state index contributed by atoms with van der Waals surface area (Å²) in [5.41, 5.74) is -0.351. The molecule has 0 spiro atoms. The molecule has 0 saturated heterocycles. The molecule has 0 fully saturated rings. The summed E-state index contributed by atoms with van der Waals surface area (Å²) in [5, 5.41) is 18.3. The Morgan fingerprint density at radius 3 is 2.38 bits per heavy atom. The highest BCUT2D eigenvalue weighted by Crippen LogP contribution is 2.24. The Kier molecular flexibility index (Phi) is 4.93. The molecule has 1 atom stereocenters. The van der Waals surface area contributed by atoms with Gasteiger partial charge in [0.05, 0.1) is 11.3 Å². The number of ether oxygens (including phenoxy) is 1. The predicted octanol–water partition coefficient (Wildman–Crippen LogP) is 2.77. The van der Waals surface area contributed by atoms with E-state index in [1.54, 1.807) is 32.9 Å². The van der Waals surface area contributed by atoms with Crippen molar-refractivity contribution in [1.29, 1.82) is 5.26 Å². The van der Waals surface area contributed by atoms with Crippen molar-refractivity contribution in [2.45, 2.75) is 39.3 Å². The Bertz CT molecular complexity index is 584. The molecule has 1 aromatic carbocycles. The fourth-order valence-corrected chi connectivity index (χ4v) is 1.66. The van der Waals surface area contributed by atoms with Crippen LogP contribution in [0.25, 0.3) is 0 Å². The van der Waals surface area contributed by atoms with Crippen LogP contribution in [0.4, 0.5) is 10.5 Å². The van der Waals surface area contributed by atoms with E-state index in [1.165, 1.54) is 19.1 Å². The Balaban J connectivity index is 3.30. The van der Waals surface area contributed by atoms with Gasteiger partial charge in [0, 0.05) is 0 Å². The lowest BCUT2D eigenvalue weighted by atomic mass is 10.1. The third-order valence-electron chi connectivity index (χ3n) is 2.62. The number of rotatable bonds is 3. The van der Waals surface area contributed by atoms with Crippen molar-refractivity contribution in [3.63, 3.8) is 0 Å². The van der Waals surface area contributed by atoms with Crippen LogP contribution in [-0.2, 0) is 9.53 Å². The van der Waals surface area contributed by atoms with Gasteiger partial charge in [-0.05, 0) is 39.8 Å². The van der Waals surface area contributed by atoms with Gasteiger partial charge in [-0.2, -0.15) is 5.26 Å². The average Bonchev–Trinajstić information content (AvgIpc) is 2.37. The highest BCUT2D eigenvalue weighted by Gasteiger charge is 2.32. The maximum absolute atomic E-state index is 12.3. The number of para-hydroxylation sites is 1. The highest BCUT2D eigenvalue weighted by molar-refractivity contribution is 5.96. The highest BCUT2D eigenvalue weighted by atomic mass is 16.6. The van der Waals surface area contributed by atoms with Crippen LogP contribution in [0.3, 0.4) is 0 Å². The number of hydrogen-bond acceptors (Lipinski definition) is 4. The molecule has 0 saturated carbocycles. The number of carboxylic acid groups (broad SMARTS) is 1. The number of amides is 1. The van der Waals surface area contributed by atoms with E-state index in [2.05, 4.69) is 0 Å². The van der Waals surface area contributed by atoms with Crippen molar-refractivity contribution in [2.75, 3.05) is 4.90 Å². The lowest BCUT2D eigenvalue weighted by molar-refractivity contribution is -0.138. The van der Waals surface area contributed by atoms with Crippen molar-refractivity contribution in [1.82, 2.24) is 0 Å². The molecular weight excluding hydrogens is 272 g/mol. The van der Waals surface area contributed by atoms with Gasteiger partial charge >= 0.3 is 12.1 Å². The maximum Gasteiger partial charge on any atom is 0.415 e. The second-order valence-electron chi connectivity index (χ2n) is 5.49. The minimum absolute atomic E-state index is 0.205. The summed E-state index contributed by atoms with van der Waals surface area (Å²) >= 11 is 0. The summed E-state index contributed by atoms with van der Waals surface area (Å²) in [6.07, 6.45) is -0.805. The summed E-state index contributed by atoms with van der Waals surface area (Å²) in [6.45, 7) is 6.42. The molecule has 1 rings (SSSR count). The fraction of sp³-hybridized carbons (Fsp3) is 0.400. The van der Waals surface area contributed by atoms with Gasteiger partial charge in [-0.25, -0.2) is 9.59 Å². The lowest BCUT2D eigenvalue weighted by Crippen LogP contribution is -2.46. The maximum atomic E-state index is 12.3. The van der Waals surface area contributed by atoms with Crippen molar-refractivity contribution >= 4 is 17.7 Å². The van der Waals surface area contributed by atoms with Crippen molar-refractivity contribution in [2.24, 2.45) is 0 Å². The largest absolute Gasteiger partial charge is 0.480 e. The van der Waals surface area contributed by atoms with Crippen molar-refractivity contribution < 1.29 is 19.4 Å². The van der Waals surface area contributed by atoms with Crippen LogP contribution in [-0.4, -0.2) is 28.8 Å². The normalized spacial score (nSPS) is 12.1. The molecule has 0 aliphatic carbocycles. The molecule has 0 aliphatic rings. The van der Waals surface area contributed by atoms with Gasteiger partial charge in [0.15, 0.2) is 0 Å². The first kappa shape index (κ1) is 16.5. The number of nitriles is 1. The van der Waals surface area contributed by atoms with E-state index in [1.807, 2.05) is 6.07 Å². The summed E-state index contributed by atoms with van der Waals surface area (Å²) in [6, 6.07) is 7.08. The topological polar surface area (TPSA) is 90.6 Å². The molecule has 0 heterocycles. The molecule has 112 valence electrons. The summed E-state index contributed by atoms with van der Waals surface area (Å²) < 4.78 is 5.24. The number of carbonyl (C=O) groups is 2. The standard InChI is InChI=1S/C15H18N2O4/c1-10(13(18)19)17(14(20)21-15(2,3)4)12-8-6-5-7-11(12)9-16/h5-8,10H,1-4H3,(H,18,19). The van der Waals surface area contributed by atoms with Crippen LogP contribution in [0.2, 0.25) is 0 Å². The van der Waals surface area contributed by atoms with Gasteiger partial charge in [-0.1, -0.05) is 12.1 Å². The number of nitrogens with zero attached hydrogens (tertiary/aromatic N) is 2. The van der Waals surface area contributed by atoms with Gasteiger partial charge in [-0.15, -0.1) is 0 Å². The third kappa shape index (κ3) is 4.21. The Morgan fingerprint density at radius 1 is 1.33 bits per heavy atom. The van der Waals surface area contributed by atoms with Crippen LogP contribution in [0.15, 0.2) is 24.3 Å². The molecule has 1 amide bonds. The van der Waals surface area contributed by atoms with E-state index in [0.717, 1.165) is 4.90 Å². The SMILES string of the molecule is CC(C(=O)O)N(C(=O)OC(C)(C)C)c1ccccc1C#N. The van der Waals surface area contributed by atoms with Crippen LogP contribution < -0.4 is 4.90 Å². The molecule has 21 heavy (non-hydrogen) atoms. The van der Waals surface area contributed by atoms with Crippen molar-refractivity contribution in [3.05, 3.63) is 29.8 Å². The van der Waals surface area contributed by atoms with Crippen LogP contribution >= 0.6 is 0 Å². The predicted molar refractivity (Wildman–Crippen MR) is 77.0 cm³/mol. The van der Waals surface area contributed by atoms with Gasteiger partial charge in [0.25, 0.3) is 0 Å². The first-order chi connectivity index (χ1) is 9.67. The summed E-state index contributed by atoms with van der Waals surface area (Å²) in [5.74, 6) is -1.19. The number of aliphatic carboxylic acids is 1. The fourth-order valence-electron chi connectivity index (χ4n) is 1.66. The van der Waals surface area contributed by atoms with Gasteiger partial charge < -0.3 is 9.84 Å². The number of carboxylic acids is 1. The van der Waals surface area contributed by atoms with Crippen LogP contribution in [0, 0.1) is 11.3 Å². The van der Waals surface area contributed by atoms with Crippen molar-refractivity contribution in [3.8, 4) is 6.07 Å². The molecule has 0 aromatic heterocycles. The smallest absolute Gasteiger partial charge is 0.415 e. The molecule has 0 radical (unpaired) electrons. The van der Waals surface area contributed by atoms with E-state index in [9.17, 15) is 14.7 Å². The molecule has 1 unspecified atom stereocenters. The number of benzene rings is 1. The molecule has 6 nitrogen and oxygen atoms in total. The minimum atomic E-state index is -1.19. The first-order valence-electron chi connectivity index (χ1n) is 6.41. The van der Waals surface area contributed by atoms with E-state index in [-0.39, 0.29) is 11.3 Å². The molecule has 1 N–H and O–H groups in total. The Morgan fingerprint density at radius 2 is 1.90 bits per heavy atom. The summed E-state index contributed by atoms with van der Waals surface area (Å²) in [4.78, 5) is 24.5. The van der Waals surface area contributed by atoms with Gasteiger partial charge in [0.1, 0.15) is 17.7 Å². The number of anilines is 1. The molecule has 0 aliphatic heterocycles. The number of carbonyl (C=O) groups excluding carboxylic acids is 1. The molecule has 6 heteroatoms. The zero-order valence-corrected chi connectivity index (χ0v) is 12.5. The van der Waals surface area contributed by atoms with Crippen LogP contribution in [0.1, 0.15) is 33.3 Å². The molecular formula is C15H18N2O4. The monoisotopic (exact) mass is 290 g/mol. The molecule has 1 aromatic rings. The Hall–Kier alpha value is -2.55. The van der Waals surface area contributed by atoms with Crippen LogP contribution in [0.5, 0.6) is 0 Å². The van der Waals surface area contributed by atoms with E-state index in [0.29, 0.717) is 0 Å². The quantitative estimate of drug-likeness (QED) is 0.924. The number of hydrogen-bond donors (Lipinski definition) is 1. The second kappa shape index (κ2) is 6.27. The minimum Gasteiger partial charge on any atom is -0.480 e. The second-order valence-corrected chi connectivity index (χ2v) is 5.49. The van der Waals surface area contributed by atoms with Gasteiger partial charge in [0.2, 0.25) is 0 Å². The third-order valence-corrected chi connectivity index (χ3v) is 2.62. The average molecular weight is 290 g/mol. The zero-order valence-electron chi connectivity index (χ0n) is 12.5. The zero-order chi connectivity index (χ0) is 16.2. The van der Waals surface area contributed by atoms with E-state index < -0.39 is 23.7 Å². The molecule has 0 bridgehead atoms.